The van der Waals surface area contributed by atoms with E-state index in [2.05, 4.69) is 9.97 Å². The molecule has 0 aliphatic heterocycles. The fourth-order valence-electron chi connectivity index (χ4n) is 0.655. The van der Waals surface area contributed by atoms with Crippen LogP contribution in [0.5, 0.6) is 11.9 Å². The molecule has 1 aromatic rings. The van der Waals surface area contributed by atoms with Gasteiger partial charge in [-0.1, -0.05) is 0 Å². The van der Waals surface area contributed by atoms with Gasteiger partial charge in [0.05, 0.1) is 7.11 Å². The van der Waals surface area contributed by atoms with Gasteiger partial charge in [-0.3, -0.25) is 0 Å². The van der Waals surface area contributed by atoms with Gasteiger partial charge in [-0.2, -0.15) is 4.98 Å². The minimum atomic E-state index is 0.313. The second-order valence-electron chi connectivity index (χ2n) is 1.92. The van der Waals surface area contributed by atoms with Gasteiger partial charge in [0.2, 0.25) is 5.88 Å². The molecule has 60 valence electrons. The van der Waals surface area contributed by atoms with E-state index in [0.717, 1.165) is 5.56 Å². The molecule has 0 amide bonds. The van der Waals surface area contributed by atoms with Crippen molar-refractivity contribution in [1.82, 2.24) is 9.97 Å². The zero-order chi connectivity index (χ0) is 8.27. The third-order valence-electron chi connectivity index (χ3n) is 1.17. The lowest BCUT2D eigenvalue weighted by atomic mass is 10.4. The Morgan fingerprint density at radius 1 is 1.55 bits per heavy atom. The van der Waals surface area contributed by atoms with Gasteiger partial charge in [0, 0.05) is 11.8 Å². The lowest BCUT2D eigenvalue weighted by Crippen LogP contribution is -1.94. The Bertz CT molecular complexity index is 254. The highest BCUT2D eigenvalue weighted by atomic mass is 127. The summed E-state index contributed by atoms with van der Waals surface area (Å²) < 4.78 is 9.73. The molecule has 0 aliphatic rings. The van der Waals surface area contributed by atoms with Crippen LogP contribution in [0.15, 0.2) is 6.20 Å². The van der Waals surface area contributed by atoms with Crippen LogP contribution in [0, 0.1) is 6.92 Å². The van der Waals surface area contributed by atoms with Gasteiger partial charge < -0.3 is 7.80 Å². The Kier molecular flexibility index (Phi) is 2.86. The summed E-state index contributed by atoms with van der Waals surface area (Å²) in [5, 5.41) is 0. The van der Waals surface area contributed by atoms with Crippen LogP contribution in [0.25, 0.3) is 0 Å². The largest absolute Gasteiger partial charge is 0.481 e. The number of hydrogen-bond acceptors (Lipinski definition) is 4. The molecular weight excluding hydrogens is 259 g/mol. The minimum absolute atomic E-state index is 0.313. The first-order valence-corrected chi connectivity index (χ1v) is 3.82. The lowest BCUT2D eigenvalue weighted by Gasteiger charge is -2.02. The molecule has 0 saturated heterocycles. The first-order valence-electron chi connectivity index (χ1n) is 2.94. The molecule has 0 unspecified atom stereocenters. The van der Waals surface area contributed by atoms with E-state index in [4.69, 9.17) is 7.80 Å². The smallest absolute Gasteiger partial charge is 0.329 e. The molecule has 0 fully saturated rings. The van der Waals surface area contributed by atoms with Crippen LogP contribution in [-0.2, 0) is 0 Å². The van der Waals surface area contributed by atoms with Crippen molar-refractivity contribution in [1.29, 1.82) is 0 Å². The van der Waals surface area contributed by atoms with Crippen LogP contribution in [-0.4, -0.2) is 17.1 Å². The van der Waals surface area contributed by atoms with E-state index in [-0.39, 0.29) is 0 Å². The van der Waals surface area contributed by atoms with Crippen molar-refractivity contribution in [3.63, 3.8) is 0 Å². The summed E-state index contributed by atoms with van der Waals surface area (Å²) in [7, 11) is 1.56. The molecule has 0 saturated carbocycles. The predicted molar refractivity (Wildman–Crippen MR) is 48.0 cm³/mol. The molecule has 0 radical (unpaired) electrons. The summed E-state index contributed by atoms with van der Waals surface area (Å²) in [5.74, 6) is 0.548. The second kappa shape index (κ2) is 3.70. The van der Waals surface area contributed by atoms with Gasteiger partial charge in [-0.15, -0.1) is 0 Å². The molecule has 1 rings (SSSR count). The van der Waals surface area contributed by atoms with Gasteiger partial charge in [0.15, 0.2) is 23.0 Å². The van der Waals surface area contributed by atoms with Crippen molar-refractivity contribution < 1.29 is 7.80 Å². The monoisotopic (exact) mass is 266 g/mol. The highest BCUT2D eigenvalue weighted by Crippen LogP contribution is 2.16. The minimum Gasteiger partial charge on any atom is -0.481 e. The quantitative estimate of drug-likeness (QED) is 0.761. The summed E-state index contributed by atoms with van der Waals surface area (Å²) >= 11 is 1.72. The van der Waals surface area contributed by atoms with Gasteiger partial charge >= 0.3 is 6.01 Å². The standard InChI is InChI=1S/C6H7IN2O2/c1-4-3-8-6(11-7)9-5(4)10-2/h3H,1-2H3. The fourth-order valence-corrected chi connectivity index (χ4v) is 0.867. The predicted octanol–water partition coefficient (Wildman–Crippen LogP) is 1.52. The van der Waals surface area contributed by atoms with Gasteiger partial charge in [0.25, 0.3) is 0 Å². The molecule has 0 bridgehead atoms. The highest BCUT2D eigenvalue weighted by molar-refractivity contribution is 14.1. The lowest BCUT2D eigenvalue weighted by molar-refractivity contribution is 0.388. The molecule has 0 N–H and O–H groups in total. The molecule has 0 aromatic carbocycles. The Balaban J connectivity index is 3.02. The second-order valence-corrected chi connectivity index (χ2v) is 2.36. The number of hydrogen-bond donors (Lipinski definition) is 0. The van der Waals surface area contributed by atoms with Crippen molar-refractivity contribution in [2.24, 2.45) is 0 Å². The van der Waals surface area contributed by atoms with Crippen molar-refractivity contribution >= 4 is 23.0 Å². The van der Waals surface area contributed by atoms with E-state index in [1.807, 2.05) is 6.92 Å². The maximum Gasteiger partial charge on any atom is 0.329 e. The number of halogens is 1. The van der Waals surface area contributed by atoms with Gasteiger partial charge in [-0.05, 0) is 6.92 Å². The summed E-state index contributed by atoms with van der Waals surface area (Å²) in [6.45, 7) is 1.87. The first kappa shape index (κ1) is 8.51. The maximum absolute atomic E-state index is 4.95. The number of methoxy groups -OCH3 is 1. The van der Waals surface area contributed by atoms with Crippen LogP contribution in [0.4, 0.5) is 0 Å². The third kappa shape index (κ3) is 1.92. The average Bonchev–Trinajstić information content (AvgIpc) is 2.05. The van der Waals surface area contributed by atoms with Crippen molar-refractivity contribution in [2.75, 3.05) is 7.11 Å². The van der Waals surface area contributed by atoms with Gasteiger partial charge in [0.1, 0.15) is 0 Å². The zero-order valence-corrected chi connectivity index (χ0v) is 8.32. The molecule has 4 nitrogen and oxygen atoms in total. The topological polar surface area (TPSA) is 44.2 Å². The molecule has 0 atom stereocenters. The summed E-state index contributed by atoms with van der Waals surface area (Å²) in [6.07, 6.45) is 1.65. The number of aromatic nitrogens is 2. The number of nitrogens with zero attached hydrogens (tertiary/aromatic N) is 2. The Morgan fingerprint density at radius 3 is 2.82 bits per heavy atom. The summed E-state index contributed by atoms with van der Waals surface area (Å²) in [6, 6.07) is 0.313. The Hall–Kier alpha value is -0.590. The van der Waals surface area contributed by atoms with E-state index < -0.39 is 0 Å². The van der Waals surface area contributed by atoms with Crippen LogP contribution in [0.3, 0.4) is 0 Å². The van der Waals surface area contributed by atoms with Crippen LogP contribution < -0.4 is 7.80 Å². The molecule has 1 aromatic heterocycles. The first-order chi connectivity index (χ1) is 5.27. The summed E-state index contributed by atoms with van der Waals surface area (Å²) in [5.41, 5.74) is 0.893. The van der Waals surface area contributed by atoms with E-state index in [0.29, 0.717) is 11.9 Å². The Labute approximate surface area is 78.6 Å². The highest BCUT2D eigenvalue weighted by Gasteiger charge is 2.02. The van der Waals surface area contributed by atoms with E-state index in [1.54, 1.807) is 36.3 Å². The number of aryl methyl sites for hydroxylation is 1. The molecule has 11 heavy (non-hydrogen) atoms. The SMILES string of the molecule is COc1nc(OI)ncc1C. The molecular formula is C6H7IN2O2. The molecule has 0 aliphatic carbocycles. The van der Waals surface area contributed by atoms with E-state index in [1.165, 1.54) is 0 Å². The van der Waals surface area contributed by atoms with E-state index >= 15 is 0 Å². The molecule has 0 spiro atoms. The van der Waals surface area contributed by atoms with Crippen LogP contribution in [0.2, 0.25) is 0 Å². The van der Waals surface area contributed by atoms with Crippen molar-refractivity contribution in [2.45, 2.75) is 6.92 Å². The van der Waals surface area contributed by atoms with Gasteiger partial charge in [-0.25, -0.2) is 4.98 Å². The third-order valence-corrected chi connectivity index (χ3v) is 1.56. The molecule has 5 heteroatoms. The van der Waals surface area contributed by atoms with Crippen molar-refractivity contribution in [3.05, 3.63) is 11.8 Å². The summed E-state index contributed by atoms with van der Waals surface area (Å²) in [4.78, 5) is 7.83. The normalized spacial score (nSPS) is 9.36. The zero-order valence-electron chi connectivity index (χ0n) is 6.17. The fraction of sp³-hybridized carbons (Fsp3) is 0.333. The van der Waals surface area contributed by atoms with Crippen molar-refractivity contribution in [3.8, 4) is 11.9 Å². The average molecular weight is 266 g/mol. The Morgan fingerprint density at radius 2 is 2.27 bits per heavy atom. The molecule has 1 heterocycles. The number of rotatable bonds is 2. The van der Waals surface area contributed by atoms with Crippen LogP contribution >= 0.6 is 23.0 Å². The number of ether oxygens (including phenoxy) is 1. The maximum atomic E-state index is 4.95. The van der Waals surface area contributed by atoms with E-state index in [9.17, 15) is 0 Å². The van der Waals surface area contributed by atoms with Crippen LogP contribution in [0.1, 0.15) is 5.56 Å².